The van der Waals surface area contributed by atoms with E-state index in [-0.39, 0.29) is 0 Å². The Labute approximate surface area is 176 Å². The first kappa shape index (κ1) is 15.0. The minimum atomic E-state index is -2.19. The van der Waals surface area contributed by atoms with Crippen LogP contribution in [-0.4, -0.2) is 9.55 Å². The van der Waals surface area contributed by atoms with Gasteiger partial charge in [-0.1, -0.05) is 26.0 Å². The maximum atomic E-state index is 8.19. The zero-order valence-electron chi connectivity index (χ0n) is 20.5. The molecule has 0 atom stereocenters. The zero-order valence-corrected chi connectivity index (χ0v) is 17.5. The summed E-state index contributed by atoms with van der Waals surface area (Å²) in [6, 6.07) is 10.7. The Morgan fingerprint density at radius 3 is 2.90 bits per heavy atom. The van der Waals surface area contributed by atoms with Crippen molar-refractivity contribution in [1.82, 2.24) is 9.55 Å². The average Bonchev–Trinajstić information content (AvgIpc) is 3.28. The van der Waals surface area contributed by atoms with Crippen LogP contribution in [0.5, 0.6) is 0 Å². The van der Waals surface area contributed by atoms with Crippen LogP contribution in [0.1, 0.15) is 46.0 Å². The minimum Gasteiger partial charge on any atom is -0.303 e. The molecule has 3 heterocycles. The second-order valence-corrected chi connectivity index (χ2v) is 8.61. The number of fused-ring (bicyclic) bond motifs is 4. The van der Waals surface area contributed by atoms with Gasteiger partial charge in [0.25, 0.3) is 0 Å². The lowest BCUT2D eigenvalue weighted by molar-refractivity contribution is -0.659. The lowest BCUT2D eigenvalue weighted by atomic mass is 9.90. The maximum Gasteiger partial charge on any atom is 0.220 e. The van der Waals surface area contributed by atoms with E-state index in [9.17, 15) is 0 Å². The summed E-state index contributed by atoms with van der Waals surface area (Å²) in [4.78, 5) is 4.51. The fraction of sp³-hybridized carbons (Fsp3) is 0.308. The van der Waals surface area contributed by atoms with Crippen molar-refractivity contribution >= 4 is 10.8 Å². The van der Waals surface area contributed by atoms with Crippen LogP contribution in [0.2, 0.25) is 0 Å². The molecule has 2 aromatic carbocycles. The number of nitrogens with zero attached hydrogens (tertiary/aromatic N) is 3. The maximum absolute atomic E-state index is 8.19. The van der Waals surface area contributed by atoms with Gasteiger partial charge in [-0.25, -0.2) is 9.55 Å². The number of rotatable bonds is 3. The van der Waals surface area contributed by atoms with Gasteiger partial charge in [0.15, 0.2) is 6.20 Å². The Balaban J connectivity index is 1.83. The summed E-state index contributed by atoms with van der Waals surface area (Å²) in [5, 5.41) is 2.32. The van der Waals surface area contributed by atoms with Crippen LogP contribution in [-0.2, 0) is 19.9 Å². The Morgan fingerprint density at radius 2 is 2.10 bits per heavy atom. The third-order valence-electron chi connectivity index (χ3n) is 6.07. The molecule has 4 aromatic rings. The number of hydrogen-bond donors (Lipinski definition) is 0. The number of imidazole rings is 1. The predicted octanol–water partition coefficient (Wildman–Crippen LogP) is 5.24. The van der Waals surface area contributed by atoms with Crippen LogP contribution in [0.4, 0.5) is 0 Å². The molecule has 146 valence electrons. The molecule has 5 rings (SSSR count). The van der Waals surface area contributed by atoms with Gasteiger partial charge in [-0.3, -0.25) is 0 Å². The lowest BCUT2D eigenvalue weighted by Gasteiger charge is -2.16. The van der Waals surface area contributed by atoms with E-state index < -0.39 is 6.85 Å². The predicted molar refractivity (Wildman–Crippen MR) is 119 cm³/mol. The van der Waals surface area contributed by atoms with Gasteiger partial charge < -0.3 is 4.57 Å². The first-order valence-corrected chi connectivity index (χ1v) is 10.3. The molecule has 1 aliphatic heterocycles. The summed E-state index contributed by atoms with van der Waals surface area (Å²) in [5.41, 5.74) is 6.70. The average molecular weight is 386 g/mol. The van der Waals surface area contributed by atoms with Gasteiger partial charge in [0.1, 0.15) is 12.9 Å². The second kappa shape index (κ2) is 6.55. The lowest BCUT2D eigenvalue weighted by Crippen LogP contribution is -2.31. The molecule has 0 saturated carbocycles. The smallest absolute Gasteiger partial charge is 0.220 e. The van der Waals surface area contributed by atoms with E-state index in [0.29, 0.717) is 17.9 Å². The van der Waals surface area contributed by atoms with Crippen molar-refractivity contribution in [3.05, 3.63) is 77.0 Å². The third-order valence-corrected chi connectivity index (χ3v) is 6.07. The molecule has 0 spiro atoms. The highest BCUT2D eigenvalue weighted by molar-refractivity contribution is 5.95. The van der Waals surface area contributed by atoms with Crippen LogP contribution in [0.15, 0.2) is 48.9 Å². The third kappa shape index (κ3) is 2.79. The molecule has 0 saturated heterocycles. The molecule has 0 bridgehead atoms. The molecular formula is C26H28N3+. The Bertz CT molecular complexity index is 1360. The van der Waals surface area contributed by atoms with Crippen LogP contribution >= 0.6 is 0 Å². The van der Waals surface area contributed by atoms with Gasteiger partial charge in [-0.2, -0.15) is 0 Å². The zero-order chi connectivity index (χ0) is 22.8. The summed E-state index contributed by atoms with van der Waals surface area (Å²) < 4.78 is 28.7. The van der Waals surface area contributed by atoms with Crippen molar-refractivity contribution in [2.75, 3.05) is 0 Å². The fourth-order valence-corrected chi connectivity index (χ4v) is 4.71. The molecule has 0 aliphatic carbocycles. The van der Waals surface area contributed by atoms with Crippen molar-refractivity contribution < 1.29 is 8.68 Å². The Kier molecular flexibility index (Phi) is 3.38. The molecule has 0 radical (unpaired) electrons. The van der Waals surface area contributed by atoms with Crippen molar-refractivity contribution in [2.45, 2.75) is 40.5 Å². The molecule has 0 fully saturated rings. The van der Waals surface area contributed by atoms with E-state index in [0.717, 1.165) is 45.7 Å². The standard InChI is InChI=1S/C26H28N3/c1-16(2)12-19-6-7-21-20(14-19)8-10-28(5)26(21)25-18(4)17(3)13-23-22(25)15-24-27-9-11-29(23)24/h6-11,13-14,16H,12,15H2,1-5H3/q+1/i3D3. The molecule has 0 N–H and O–H groups in total. The van der Waals surface area contributed by atoms with Crippen LogP contribution in [0.3, 0.4) is 0 Å². The van der Waals surface area contributed by atoms with E-state index in [1.165, 1.54) is 10.9 Å². The van der Waals surface area contributed by atoms with Gasteiger partial charge in [-0.15, -0.1) is 0 Å². The van der Waals surface area contributed by atoms with E-state index in [1.54, 1.807) is 6.20 Å². The first-order valence-electron chi connectivity index (χ1n) is 11.8. The highest BCUT2D eigenvalue weighted by atomic mass is 15.1. The number of aromatic nitrogens is 3. The molecule has 3 heteroatoms. The molecule has 0 amide bonds. The summed E-state index contributed by atoms with van der Waals surface area (Å²) in [6.45, 7) is 4.23. The molecule has 1 aliphatic rings. The number of hydrogen-bond acceptors (Lipinski definition) is 1. The van der Waals surface area contributed by atoms with Gasteiger partial charge in [0.2, 0.25) is 5.69 Å². The van der Waals surface area contributed by atoms with E-state index in [4.69, 9.17) is 4.11 Å². The van der Waals surface area contributed by atoms with Gasteiger partial charge in [0.05, 0.1) is 16.6 Å². The summed E-state index contributed by atoms with van der Waals surface area (Å²) >= 11 is 0. The summed E-state index contributed by atoms with van der Waals surface area (Å²) in [6.07, 6.45) is 7.52. The van der Waals surface area contributed by atoms with Crippen molar-refractivity contribution in [2.24, 2.45) is 13.0 Å². The van der Waals surface area contributed by atoms with Crippen molar-refractivity contribution in [3.8, 4) is 16.9 Å². The van der Waals surface area contributed by atoms with Gasteiger partial charge in [-0.05, 0) is 65.9 Å². The molecule has 0 unspecified atom stereocenters. The monoisotopic (exact) mass is 385 g/mol. The largest absolute Gasteiger partial charge is 0.303 e. The number of pyridine rings is 1. The van der Waals surface area contributed by atoms with Crippen LogP contribution in [0.25, 0.3) is 27.7 Å². The molecule has 2 aromatic heterocycles. The number of benzene rings is 2. The van der Waals surface area contributed by atoms with Crippen molar-refractivity contribution in [3.63, 3.8) is 0 Å². The Morgan fingerprint density at radius 1 is 1.24 bits per heavy atom. The van der Waals surface area contributed by atoms with E-state index in [2.05, 4.69) is 53.9 Å². The summed E-state index contributed by atoms with van der Waals surface area (Å²) in [5.74, 6) is 1.54. The quantitative estimate of drug-likeness (QED) is 0.389. The molecular weight excluding hydrogens is 354 g/mol. The highest BCUT2D eigenvalue weighted by Gasteiger charge is 2.29. The highest BCUT2D eigenvalue weighted by Crippen LogP contribution is 2.40. The topological polar surface area (TPSA) is 21.7 Å². The fourth-order valence-electron chi connectivity index (χ4n) is 4.71. The second-order valence-electron chi connectivity index (χ2n) is 8.61. The first-order chi connectivity index (χ1) is 15.1. The number of aryl methyl sites for hydroxylation is 2. The SMILES string of the molecule is [2H]C([2H])([2H])c1cc2c(c(-c3c4ccc(CC(C)C)cc4cc[n+]3C)c1C)Cc1nccn1-2. The van der Waals surface area contributed by atoms with Crippen molar-refractivity contribution in [1.29, 1.82) is 0 Å². The molecule has 3 nitrogen and oxygen atoms in total. The summed E-state index contributed by atoms with van der Waals surface area (Å²) in [7, 11) is 2.04. The van der Waals surface area contributed by atoms with E-state index in [1.807, 2.05) is 30.8 Å². The van der Waals surface area contributed by atoms with Gasteiger partial charge in [0, 0.05) is 29.0 Å². The molecule has 29 heavy (non-hydrogen) atoms. The van der Waals surface area contributed by atoms with Crippen LogP contribution < -0.4 is 4.57 Å². The Hall–Kier alpha value is -2.94. The normalized spacial score (nSPS) is 14.6. The minimum absolute atomic E-state index is 0.404. The van der Waals surface area contributed by atoms with E-state index >= 15 is 0 Å². The van der Waals surface area contributed by atoms with Gasteiger partial charge >= 0.3 is 0 Å². The van der Waals surface area contributed by atoms with Crippen LogP contribution in [0, 0.1) is 19.7 Å².